The average molecular weight is 350 g/mol. The van der Waals surface area contributed by atoms with Crippen LogP contribution in [0.4, 0.5) is 5.82 Å². The molecule has 0 saturated carbocycles. The molecule has 134 valence electrons. The Bertz CT molecular complexity index is 804. The molecule has 1 saturated heterocycles. The molecular weight excluding hydrogens is 328 g/mol. The molecule has 26 heavy (non-hydrogen) atoms. The minimum absolute atomic E-state index is 0.0886. The van der Waals surface area contributed by atoms with E-state index in [1.54, 1.807) is 23.2 Å². The summed E-state index contributed by atoms with van der Waals surface area (Å²) in [5.41, 5.74) is 1.58. The van der Waals surface area contributed by atoms with E-state index in [0.29, 0.717) is 18.9 Å². The Kier molecular flexibility index (Phi) is 5.73. The molecule has 6 nitrogen and oxygen atoms in total. The van der Waals surface area contributed by atoms with E-state index in [0.717, 1.165) is 24.2 Å². The molecule has 1 fully saturated rings. The fourth-order valence-electron chi connectivity index (χ4n) is 2.97. The Morgan fingerprint density at radius 2 is 2.12 bits per heavy atom. The van der Waals surface area contributed by atoms with Crippen molar-refractivity contribution in [1.82, 2.24) is 14.9 Å². The number of carbonyl (C=O) groups is 2. The van der Waals surface area contributed by atoms with Crippen molar-refractivity contribution in [2.24, 2.45) is 5.92 Å². The highest BCUT2D eigenvalue weighted by Crippen LogP contribution is 2.19. The first-order chi connectivity index (χ1) is 12.6. The highest BCUT2D eigenvalue weighted by molar-refractivity contribution is 5.94. The predicted molar refractivity (Wildman–Crippen MR) is 100 cm³/mol. The second-order valence-electron chi connectivity index (χ2n) is 6.36. The number of aromatic nitrogens is 2. The molecule has 1 unspecified atom stereocenters. The number of aryl methyl sites for hydroxylation is 1. The Balaban J connectivity index is 1.58. The molecule has 3 rings (SSSR count). The van der Waals surface area contributed by atoms with Crippen LogP contribution in [-0.4, -0.2) is 39.8 Å². The van der Waals surface area contributed by atoms with Crippen LogP contribution >= 0.6 is 0 Å². The summed E-state index contributed by atoms with van der Waals surface area (Å²) in [7, 11) is 0. The third kappa shape index (κ3) is 4.75. The average Bonchev–Trinajstić information content (AvgIpc) is 2.67. The van der Waals surface area contributed by atoms with Crippen LogP contribution in [0.5, 0.6) is 0 Å². The molecule has 0 radical (unpaired) electrons. The lowest BCUT2D eigenvalue weighted by Crippen LogP contribution is -2.43. The van der Waals surface area contributed by atoms with Crippen LogP contribution in [0.2, 0.25) is 0 Å². The molecule has 2 aromatic rings. The molecule has 1 N–H and O–H groups in total. The number of hydrogen-bond acceptors (Lipinski definition) is 4. The molecule has 0 aromatic carbocycles. The van der Waals surface area contributed by atoms with Crippen LogP contribution in [0.1, 0.15) is 24.2 Å². The first-order valence-corrected chi connectivity index (χ1v) is 8.74. The summed E-state index contributed by atoms with van der Waals surface area (Å²) in [6.07, 6.45) is 6.48. The molecule has 3 heterocycles. The third-order valence-corrected chi connectivity index (χ3v) is 4.33. The normalized spacial score (nSPS) is 17.3. The second-order valence-corrected chi connectivity index (χ2v) is 6.36. The van der Waals surface area contributed by atoms with E-state index in [9.17, 15) is 9.59 Å². The Hall–Kier alpha value is -3.02. The van der Waals surface area contributed by atoms with Gasteiger partial charge in [-0.1, -0.05) is 12.1 Å². The van der Waals surface area contributed by atoms with Gasteiger partial charge in [-0.05, 0) is 50.1 Å². The monoisotopic (exact) mass is 350 g/mol. The Morgan fingerprint density at radius 1 is 1.23 bits per heavy atom. The van der Waals surface area contributed by atoms with Crippen molar-refractivity contribution >= 4 is 23.7 Å². The summed E-state index contributed by atoms with van der Waals surface area (Å²) in [4.78, 5) is 35.1. The van der Waals surface area contributed by atoms with Crippen LogP contribution in [0, 0.1) is 12.8 Å². The maximum Gasteiger partial charge on any atom is 0.246 e. The van der Waals surface area contributed by atoms with E-state index < -0.39 is 0 Å². The van der Waals surface area contributed by atoms with Gasteiger partial charge in [-0.3, -0.25) is 14.6 Å². The lowest BCUT2D eigenvalue weighted by Gasteiger charge is -2.31. The van der Waals surface area contributed by atoms with Gasteiger partial charge in [0.05, 0.1) is 11.6 Å². The van der Waals surface area contributed by atoms with E-state index in [1.807, 2.05) is 37.3 Å². The number of carbonyl (C=O) groups excluding carboxylic acids is 2. The highest BCUT2D eigenvalue weighted by atomic mass is 16.2. The molecule has 2 aromatic heterocycles. The van der Waals surface area contributed by atoms with Gasteiger partial charge in [-0.15, -0.1) is 0 Å². The standard InChI is InChI=1S/C20H22N4O2/c1-15-6-4-9-18(22-15)23-20(26)16-7-5-13-24(14-16)19(25)11-10-17-8-2-3-12-21-17/h2-4,6,8-12,16H,5,7,13-14H2,1H3,(H,22,23,26)/b11-10+. The molecule has 2 amide bonds. The number of nitrogens with one attached hydrogen (secondary N) is 1. The number of hydrogen-bond donors (Lipinski definition) is 1. The van der Waals surface area contributed by atoms with E-state index in [4.69, 9.17) is 0 Å². The van der Waals surface area contributed by atoms with Gasteiger partial charge in [0.1, 0.15) is 5.82 Å². The van der Waals surface area contributed by atoms with Gasteiger partial charge in [0, 0.05) is 31.1 Å². The molecule has 1 aliphatic rings. The first-order valence-electron chi connectivity index (χ1n) is 8.74. The van der Waals surface area contributed by atoms with Crippen molar-refractivity contribution in [2.75, 3.05) is 18.4 Å². The highest BCUT2D eigenvalue weighted by Gasteiger charge is 2.27. The fraction of sp³-hybridized carbons (Fsp3) is 0.300. The van der Waals surface area contributed by atoms with Crippen LogP contribution < -0.4 is 5.32 Å². The van der Waals surface area contributed by atoms with E-state index in [-0.39, 0.29) is 17.7 Å². The van der Waals surface area contributed by atoms with Crippen molar-refractivity contribution in [2.45, 2.75) is 19.8 Å². The predicted octanol–water partition coefficient (Wildman–Crippen LogP) is 2.68. The van der Waals surface area contributed by atoms with Crippen molar-refractivity contribution in [3.05, 3.63) is 60.1 Å². The Morgan fingerprint density at radius 3 is 2.88 bits per heavy atom. The van der Waals surface area contributed by atoms with E-state index in [2.05, 4.69) is 15.3 Å². The van der Waals surface area contributed by atoms with Gasteiger partial charge in [0.25, 0.3) is 0 Å². The van der Waals surface area contributed by atoms with E-state index >= 15 is 0 Å². The zero-order valence-electron chi connectivity index (χ0n) is 14.8. The number of amides is 2. The van der Waals surface area contributed by atoms with Crippen molar-refractivity contribution in [3.63, 3.8) is 0 Å². The number of rotatable bonds is 4. The van der Waals surface area contributed by atoms with Gasteiger partial charge in [0.2, 0.25) is 11.8 Å². The summed E-state index contributed by atoms with van der Waals surface area (Å²) < 4.78 is 0. The minimum atomic E-state index is -0.224. The number of likely N-dealkylation sites (tertiary alicyclic amines) is 1. The summed E-state index contributed by atoms with van der Waals surface area (Å²) in [5, 5.41) is 2.85. The summed E-state index contributed by atoms with van der Waals surface area (Å²) >= 11 is 0. The smallest absolute Gasteiger partial charge is 0.246 e. The fourth-order valence-corrected chi connectivity index (χ4v) is 2.97. The minimum Gasteiger partial charge on any atom is -0.338 e. The molecule has 0 spiro atoms. The molecule has 6 heteroatoms. The molecule has 1 atom stereocenters. The number of piperidine rings is 1. The summed E-state index contributed by atoms with van der Waals surface area (Å²) in [6.45, 7) is 2.96. The molecular formula is C20H22N4O2. The number of anilines is 1. The molecule has 1 aliphatic heterocycles. The van der Waals surface area contributed by atoms with Crippen LogP contribution in [-0.2, 0) is 9.59 Å². The summed E-state index contributed by atoms with van der Waals surface area (Å²) in [6, 6.07) is 11.0. The van der Waals surface area contributed by atoms with Gasteiger partial charge < -0.3 is 10.2 Å². The SMILES string of the molecule is Cc1cccc(NC(=O)C2CCCN(C(=O)/C=C/c3ccccn3)C2)n1. The van der Waals surface area contributed by atoms with Crippen molar-refractivity contribution < 1.29 is 9.59 Å². The zero-order valence-corrected chi connectivity index (χ0v) is 14.8. The zero-order chi connectivity index (χ0) is 18.4. The van der Waals surface area contributed by atoms with Crippen molar-refractivity contribution in [1.29, 1.82) is 0 Å². The maximum absolute atomic E-state index is 12.5. The second kappa shape index (κ2) is 8.38. The molecule has 0 aliphatic carbocycles. The van der Waals surface area contributed by atoms with Crippen LogP contribution in [0.25, 0.3) is 6.08 Å². The lowest BCUT2D eigenvalue weighted by molar-refractivity contribution is -0.130. The first kappa shape index (κ1) is 17.8. The van der Waals surface area contributed by atoms with E-state index in [1.165, 1.54) is 6.08 Å². The largest absolute Gasteiger partial charge is 0.338 e. The quantitative estimate of drug-likeness (QED) is 0.860. The number of pyridine rings is 2. The molecule has 0 bridgehead atoms. The van der Waals surface area contributed by atoms with Gasteiger partial charge in [0.15, 0.2) is 0 Å². The van der Waals surface area contributed by atoms with Gasteiger partial charge >= 0.3 is 0 Å². The number of nitrogens with zero attached hydrogens (tertiary/aromatic N) is 3. The Labute approximate surface area is 153 Å². The summed E-state index contributed by atoms with van der Waals surface area (Å²) in [5.74, 6) is 0.142. The van der Waals surface area contributed by atoms with Gasteiger partial charge in [-0.25, -0.2) is 4.98 Å². The van der Waals surface area contributed by atoms with Crippen LogP contribution in [0.3, 0.4) is 0 Å². The van der Waals surface area contributed by atoms with Gasteiger partial charge in [-0.2, -0.15) is 0 Å². The van der Waals surface area contributed by atoms with Crippen molar-refractivity contribution in [3.8, 4) is 0 Å². The topological polar surface area (TPSA) is 75.2 Å². The maximum atomic E-state index is 12.5. The third-order valence-electron chi connectivity index (χ3n) is 4.33. The van der Waals surface area contributed by atoms with Crippen LogP contribution in [0.15, 0.2) is 48.7 Å². The lowest BCUT2D eigenvalue weighted by atomic mass is 9.97.